The van der Waals surface area contributed by atoms with Gasteiger partial charge < -0.3 is 4.57 Å². The second-order valence-electron chi connectivity index (χ2n) is 6.43. The molecule has 22 heavy (non-hydrogen) atoms. The molecule has 0 saturated heterocycles. The highest BCUT2D eigenvalue weighted by Gasteiger charge is 2.32. The SMILES string of the molecule is Cl.N#Cc1ccc2c3c1CCC[C@H]3C[C@@H](Cn1ccnc1)C2. The number of aromatic nitrogens is 2. The Labute approximate surface area is 137 Å². The lowest BCUT2D eigenvalue weighted by molar-refractivity contribution is 0.334. The van der Waals surface area contributed by atoms with Crippen LogP contribution in [0.4, 0.5) is 0 Å². The summed E-state index contributed by atoms with van der Waals surface area (Å²) in [5.41, 5.74) is 5.28. The van der Waals surface area contributed by atoms with Crippen molar-refractivity contribution in [1.29, 1.82) is 5.26 Å². The Morgan fingerprint density at radius 2 is 2.27 bits per heavy atom. The van der Waals surface area contributed by atoms with Crippen molar-refractivity contribution in [3.8, 4) is 6.07 Å². The quantitative estimate of drug-likeness (QED) is 0.845. The van der Waals surface area contributed by atoms with Crippen LogP contribution in [0.2, 0.25) is 0 Å². The van der Waals surface area contributed by atoms with Gasteiger partial charge in [0.1, 0.15) is 0 Å². The smallest absolute Gasteiger partial charge is 0.0994 e. The molecule has 2 aromatic rings. The van der Waals surface area contributed by atoms with Crippen molar-refractivity contribution < 1.29 is 0 Å². The fourth-order valence-corrected chi connectivity index (χ4v) is 4.31. The Morgan fingerprint density at radius 1 is 1.36 bits per heavy atom. The summed E-state index contributed by atoms with van der Waals surface area (Å²) in [6.07, 6.45) is 11.8. The third-order valence-corrected chi connectivity index (χ3v) is 5.11. The third kappa shape index (κ3) is 2.53. The van der Waals surface area contributed by atoms with E-state index in [-0.39, 0.29) is 12.4 Å². The molecule has 1 aromatic carbocycles. The summed E-state index contributed by atoms with van der Waals surface area (Å²) in [6, 6.07) is 6.63. The summed E-state index contributed by atoms with van der Waals surface area (Å²) in [5, 5.41) is 9.32. The largest absolute Gasteiger partial charge is 0.337 e. The molecule has 114 valence electrons. The van der Waals surface area contributed by atoms with Crippen LogP contribution in [0.3, 0.4) is 0 Å². The molecular formula is C18H20ClN3. The van der Waals surface area contributed by atoms with E-state index in [1.807, 2.05) is 18.6 Å². The van der Waals surface area contributed by atoms with Crippen LogP contribution in [0.1, 0.15) is 47.4 Å². The molecule has 0 bridgehead atoms. The summed E-state index contributed by atoms with van der Waals surface area (Å²) in [5.74, 6) is 1.36. The van der Waals surface area contributed by atoms with Crippen LogP contribution in [0.15, 0.2) is 30.9 Å². The van der Waals surface area contributed by atoms with E-state index in [4.69, 9.17) is 0 Å². The molecule has 2 atom stereocenters. The van der Waals surface area contributed by atoms with Gasteiger partial charge in [0.15, 0.2) is 0 Å². The Kier molecular flexibility index (Phi) is 4.22. The first kappa shape index (κ1) is 15.1. The minimum absolute atomic E-state index is 0. The highest BCUT2D eigenvalue weighted by Crippen LogP contribution is 2.44. The zero-order chi connectivity index (χ0) is 14.2. The maximum atomic E-state index is 9.32. The number of hydrogen-bond donors (Lipinski definition) is 0. The van der Waals surface area contributed by atoms with E-state index in [9.17, 15) is 5.26 Å². The molecular weight excluding hydrogens is 294 g/mol. The molecule has 0 aliphatic heterocycles. The summed E-state index contributed by atoms with van der Waals surface area (Å²) >= 11 is 0. The van der Waals surface area contributed by atoms with Gasteiger partial charge in [-0.3, -0.25) is 0 Å². The van der Waals surface area contributed by atoms with Gasteiger partial charge >= 0.3 is 0 Å². The second-order valence-corrected chi connectivity index (χ2v) is 6.43. The minimum Gasteiger partial charge on any atom is -0.337 e. The van der Waals surface area contributed by atoms with Crippen molar-refractivity contribution >= 4 is 12.4 Å². The molecule has 0 saturated carbocycles. The lowest BCUT2D eigenvalue weighted by atomic mass is 9.69. The molecule has 1 aromatic heterocycles. The van der Waals surface area contributed by atoms with Gasteiger partial charge in [-0.1, -0.05) is 6.07 Å². The highest BCUT2D eigenvalue weighted by atomic mass is 35.5. The van der Waals surface area contributed by atoms with Gasteiger partial charge in [0, 0.05) is 18.9 Å². The topological polar surface area (TPSA) is 41.6 Å². The van der Waals surface area contributed by atoms with Crippen LogP contribution < -0.4 is 0 Å². The number of rotatable bonds is 2. The van der Waals surface area contributed by atoms with E-state index in [0.29, 0.717) is 11.8 Å². The molecule has 1 heterocycles. The average Bonchev–Trinajstić information content (AvgIpc) is 3.01. The van der Waals surface area contributed by atoms with E-state index in [1.165, 1.54) is 36.0 Å². The summed E-state index contributed by atoms with van der Waals surface area (Å²) < 4.78 is 2.20. The molecule has 3 nitrogen and oxygen atoms in total. The molecule has 0 fully saturated rings. The first-order chi connectivity index (χ1) is 10.3. The average molecular weight is 314 g/mol. The van der Waals surface area contributed by atoms with Crippen LogP contribution in [0.5, 0.6) is 0 Å². The second kappa shape index (κ2) is 6.14. The Balaban J connectivity index is 0.00000144. The van der Waals surface area contributed by atoms with Crippen LogP contribution in [0.25, 0.3) is 0 Å². The van der Waals surface area contributed by atoms with E-state index < -0.39 is 0 Å². The van der Waals surface area contributed by atoms with E-state index in [0.717, 1.165) is 24.9 Å². The van der Waals surface area contributed by atoms with Gasteiger partial charge in [-0.2, -0.15) is 5.26 Å². The molecule has 2 aliphatic carbocycles. The predicted molar refractivity (Wildman–Crippen MR) is 88.1 cm³/mol. The van der Waals surface area contributed by atoms with Crippen molar-refractivity contribution in [2.45, 2.75) is 44.6 Å². The molecule has 2 aliphatic rings. The van der Waals surface area contributed by atoms with Crippen molar-refractivity contribution in [3.05, 3.63) is 53.1 Å². The van der Waals surface area contributed by atoms with Crippen molar-refractivity contribution in [3.63, 3.8) is 0 Å². The fraction of sp³-hybridized carbons (Fsp3) is 0.444. The zero-order valence-corrected chi connectivity index (χ0v) is 13.4. The third-order valence-electron chi connectivity index (χ3n) is 5.11. The normalized spacial score (nSPS) is 22.3. The summed E-state index contributed by atoms with van der Waals surface area (Å²) in [7, 11) is 0. The number of nitrogens with zero attached hydrogens (tertiary/aromatic N) is 3. The van der Waals surface area contributed by atoms with Crippen molar-refractivity contribution in [1.82, 2.24) is 9.55 Å². The lowest BCUT2D eigenvalue weighted by Gasteiger charge is -2.36. The van der Waals surface area contributed by atoms with E-state index >= 15 is 0 Å². The van der Waals surface area contributed by atoms with Gasteiger partial charge in [0.2, 0.25) is 0 Å². The fourth-order valence-electron chi connectivity index (χ4n) is 4.31. The number of imidazole rings is 1. The van der Waals surface area contributed by atoms with Crippen molar-refractivity contribution in [2.75, 3.05) is 0 Å². The lowest BCUT2D eigenvalue weighted by Crippen LogP contribution is -2.26. The minimum atomic E-state index is 0. The first-order valence-corrected chi connectivity index (χ1v) is 7.85. The number of benzene rings is 1. The van der Waals surface area contributed by atoms with Crippen molar-refractivity contribution in [2.24, 2.45) is 5.92 Å². The number of nitriles is 1. The Morgan fingerprint density at radius 3 is 3.05 bits per heavy atom. The maximum absolute atomic E-state index is 9.32. The summed E-state index contributed by atoms with van der Waals surface area (Å²) in [6.45, 7) is 1.06. The first-order valence-electron chi connectivity index (χ1n) is 7.85. The van der Waals surface area contributed by atoms with Gasteiger partial charge in [0.25, 0.3) is 0 Å². The number of halogens is 1. The van der Waals surface area contributed by atoms with E-state index in [1.54, 1.807) is 0 Å². The molecule has 0 spiro atoms. The van der Waals surface area contributed by atoms with Crippen LogP contribution in [0, 0.1) is 17.2 Å². The van der Waals surface area contributed by atoms with Crippen LogP contribution >= 0.6 is 12.4 Å². The molecule has 0 N–H and O–H groups in total. The van der Waals surface area contributed by atoms with Gasteiger partial charge in [-0.25, -0.2) is 4.98 Å². The predicted octanol–water partition coefficient (Wildman–Crippen LogP) is 3.86. The molecule has 4 heteroatoms. The van der Waals surface area contributed by atoms with Gasteiger partial charge in [-0.15, -0.1) is 12.4 Å². The molecule has 0 radical (unpaired) electrons. The Hall–Kier alpha value is -1.79. The van der Waals surface area contributed by atoms with E-state index in [2.05, 4.69) is 27.9 Å². The molecule has 0 amide bonds. The maximum Gasteiger partial charge on any atom is 0.0994 e. The standard InChI is InChI=1S/C18H19N3.ClH/c19-10-16-5-4-15-9-13(11-21-7-6-20-12-21)8-14-2-1-3-17(16)18(14)15;/h4-7,12-14H,1-3,8-9,11H2;1H/t13-,14+;/m1./s1. The highest BCUT2D eigenvalue weighted by molar-refractivity contribution is 5.85. The molecule has 0 unspecified atom stereocenters. The Bertz CT molecular complexity index is 700. The van der Waals surface area contributed by atoms with Gasteiger partial charge in [-0.05, 0) is 66.7 Å². The zero-order valence-electron chi connectivity index (χ0n) is 12.5. The van der Waals surface area contributed by atoms with Gasteiger partial charge in [0.05, 0.1) is 18.0 Å². The monoisotopic (exact) mass is 313 g/mol. The summed E-state index contributed by atoms with van der Waals surface area (Å²) in [4.78, 5) is 4.15. The molecule has 4 rings (SSSR count). The van der Waals surface area contributed by atoms with Crippen LogP contribution in [-0.2, 0) is 19.4 Å². The number of hydrogen-bond acceptors (Lipinski definition) is 2. The van der Waals surface area contributed by atoms with Crippen LogP contribution in [-0.4, -0.2) is 9.55 Å².